The van der Waals surface area contributed by atoms with Gasteiger partial charge in [-0.1, -0.05) is 66.6 Å². The number of esters is 3. The van der Waals surface area contributed by atoms with Gasteiger partial charge in [0.05, 0.1) is 33.3 Å². The number of fused-ring (bicyclic) bond motifs is 4. The Bertz CT molecular complexity index is 2080. The van der Waals surface area contributed by atoms with E-state index >= 15 is 0 Å². The van der Waals surface area contributed by atoms with Crippen molar-refractivity contribution in [1.82, 2.24) is 14.8 Å². The fourth-order valence-electron chi connectivity index (χ4n) is 10.7. The standard InChI is InChI=1S/C23H29N3O5.C20H25BrN2O2.C2H6/c1-13(27)31-19-15-6-5-10-26-11-9-22(18(15)26)16-8-7-14(29-3)12-17(16)25(2)20(22)23(19,24)21(28)30-4;1-4-13-6-5-7-15(20(24)25-3)19-17(12-23(2)11-13)16-10-14(21)8-9-18(16)22-19;1-2/h5-8,12,15,18-20H,9-11,24H2,1-4H3;6,8-10,15,22H,4-5,7,11-12H2,1-3H3;1-2H3/b;13-6-;/t15?,18?,19?,20?,22-,23-;;/m1../s1. The Morgan fingerprint density at radius 3 is 2.47 bits per heavy atom. The van der Waals surface area contributed by atoms with E-state index in [1.54, 1.807) is 7.11 Å². The molecule has 0 radical (unpaired) electrons. The lowest BCUT2D eigenvalue weighted by atomic mass is 9.53. The van der Waals surface area contributed by atoms with Crippen LogP contribution in [-0.2, 0) is 40.6 Å². The second-order valence-electron chi connectivity index (χ2n) is 15.8. The number of nitrogens with one attached hydrogen (secondary N) is 1. The Balaban J connectivity index is 0.000000192. The van der Waals surface area contributed by atoms with Crippen LogP contribution in [0.1, 0.15) is 76.1 Å². The number of likely N-dealkylation sites (N-methyl/N-ethyl adjacent to an activating group) is 2. The summed E-state index contributed by atoms with van der Waals surface area (Å²) in [6.07, 6.45) is 9.16. The maximum atomic E-state index is 13.4. The van der Waals surface area contributed by atoms with E-state index in [-0.39, 0.29) is 23.8 Å². The molecule has 4 aliphatic heterocycles. The van der Waals surface area contributed by atoms with Crippen LogP contribution in [0.25, 0.3) is 10.9 Å². The zero-order valence-corrected chi connectivity index (χ0v) is 37.0. The quantitative estimate of drug-likeness (QED) is 0.163. The first-order valence-electron chi connectivity index (χ1n) is 20.4. The third-order valence-electron chi connectivity index (χ3n) is 12.8. The third-order valence-corrected chi connectivity index (χ3v) is 13.3. The van der Waals surface area contributed by atoms with Crippen molar-refractivity contribution in [3.63, 3.8) is 0 Å². The average molecular weight is 863 g/mol. The van der Waals surface area contributed by atoms with E-state index in [1.165, 1.54) is 37.7 Å². The van der Waals surface area contributed by atoms with E-state index in [0.717, 1.165) is 84.5 Å². The minimum Gasteiger partial charge on any atom is -0.497 e. The van der Waals surface area contributed by atoms with E-state index in [9.17, 15) is 14.4 Å². The van der Waals surface area contributed by atoms with E-state index in [0.29, 0.717) is 0 Å². The van der Waals surface area contributed by atoms with Gasteiger partial charge in [-0.25, -0.2) is 4.79 Å². The monoisotopic (exact) mass is 861 g/mol. The molecule has 1 saturated carbocycles. The Morgan fingerprint density at radius 1 is 1.03 bits per heavy atom. The number of carbonyl (C=O) groups excluding carboxylic acids is 3. The molecule has 2 aromatic carbocycles. The Kier molecular flexibility index (Phi) is 13.2. The molecule has 3 aromatic rings. The SMILES string of the molecule is CC.CC/C1=C/CCC(C(=O)OC)c2[nH]c3ccc(Br)cc3c2CN(C)C1.COC(=O)[C@@]1(N)C(OC(C)=O)C2C=CCN3CC[C@@]4(c5ccc(OC)cc5N(C)C14)C23. The number of aromatic nitrogens is 1. The maximum Gasteiger partial charge on any atom is 0.331 e. The van der Waals surface area contributed by atoms with Crippen molar-refractivity contribution in [2.75, 3.05) is 60.0 Å². The van der Waals surface area contributed by atoms with Crippen LogP contribution in [0.5, 0.6) is 5.75 Å². The van der Waals surface area contributed by atoms with Crippen molar-refractivity contribution in [3.8, 4) is 5.75 Å². The first-order valence-corrected chi connectivity index (χ1v) is 21.2. The Labute approximate surface area is 351 Å². The zero-order valence-electron chi connectivity index (χ0n) is 35.4. The second kappa shape index (κ2) is 17.6. The smallest absolute Gasteiger partial charge is 0.331 e. The predicted molar refractivity (Wildman–Crippen MR) is 230 cm³/mol. The number of H-pyrrole nitrogens is 1. The highest BCUT2D eigenvalue weighted by Crippen LogP contribution is 2.62. The van der Waals surface area contributed by atoms with Crippen LogP contribution in [0.3, 0.4) is 0 Å². The maximum absolute atomic E-state index is 13.4. The number of hydrogen-bond donors (Lipinski definition) is 2. The molecule has 2 fully saturated rings. The number of anilines is 1. The summed E-state index contributed by atoms with van der Waals surface area (Å²) in [5.41, 5.74) is 11.9. The minimum absolute atomic E-state index is 0.0604. The first kappa shape index (κ1) is 43.4. The van der Waals surface area contributed by atoms with Crippen molar-refractivity contribution >= 4 is 50.4 Å². The number of halogens is 1. The molecule has 5 aliphatic rings. The van der Waals surface area contributed by atoms with Gasteiger partial charge in [-0.3, -0.25) is 19.4 Å². The Hall–Kier alpha value is -4.17. The highest BCUT2D eigenvalue weighted by atomic mass is 79.9. The van der Waals surface area contributed by atoms with Crippen molar-refractivity contribution in [2.45, 2.75) is 95.0 Å². The fraction of sp³-hybridized carbons (Fsp3) is 0.533. The van der Waals surface area contributed by atoms with Crippen LogP contribution in [0.2, 0.25) is 0 Å². The molecule has 0 amide bonds. The predicted octanol–water partition coefficient (Wildman–Crippen LogP) is 6.60. The molecule has 314 valence electrons. The lowest BCUT2D eigenvalue weighted by molar-refractivity contribution is -0.175. The first-order chi connectivity index (χ1) is 27.8. The van der Waals surface area contributed by atoms with Gasteiger partial charge in [0.15, 0.2) is 5.54 Å². The molecule has 1 aromatic heterocycles. The van der Waals surface area contributed by atoms with Crippen LogP contribution in [0, 0.1) is 5.92 Å². The van der Waals surface area contributed by atoms with Gasteiger partial charge in [0.2, 0.25) is 0 Å². The van der Waals surface area contributed by atoms with E-state index < -0.39 is 35.0 Å². The van der Waals surface area contributed by atoms with Gasteiger partial charge in [0.25, 0.3) is 0 Å². The van der Waals surface area contributed by atoms with Crippen LogP contribution in [-0.4, -0.2) is 111 Å². The summed E-state index contributed by atoms with van der Waals surface area (Å²) in [6.45, 7) is 11.0. The highest BCUT2D eigenvalue weighted by Gasteiger charge is 2.75. The fourth-order valence-corrected chi connectivity index (χ4v) is 11.0. The van der Waals surface area contributed by atoms with Gasteiger partial charge in [0, 0.05) is 83.8 Å². The molecule has 5 unspecified atom stereocenters. The number of aromatic amines is 1. The zero-order chi connectivity index (χ0) is 42.1. The van der Waals surface area contributed by atoms with Crippen LogP contribution in [0.4, 0.5) is 5.69 Å². The minimum atomic E-state index is -1.54. The van der Waals surface area contributed by atoms with Gasteiger partial charge in [0.1, 0.15) is 11.9 Å². The average Bonchev–Trinajstić information content (AvgIpc) is 3.87. The third kappa shape index (κ3) is 7.26. The van der Waals surface area contributed by atoms with E-state index in [4.69, 9.17) is 24.7 Å². The number of allylic oxidation sites excluding steroid dienone is 1. The number of rotatable bonds is 5. The number of nitrogens with zero attached hydrogens (tertiary/aromatic N) is 3. The van der Waals surface area contributed by atoms with Crippen molar-refractivity contribution in [3.05, 3.63) is 81.5 Å². The normalized spacial score (nSPS) is 29.5. The number of hydrogen-bond acceptors (Lipinski definition) is 11. The van der Waals surface area contributed by atoms with E-state index in [2.05, 4.69) is 86.0 Å². The summed E-state index contributed by atoms with van der Waals surface area (Å²) in [6, 6.07) is 11.9. The number of methoxy groups -OCH3 is 3. The van der Waals surface area contributed by atoms with Gasteiger partial charge in [-0.15, -0.1) is 0 Å². The molecule has 1 saturated heterocycles. The van der Waals surface area contributed by atoms with Gasteiger partial charge < -0.3 is 34.6 Å². The van der Waals surface area contributed by atoms with Crippen LogP contribution >= 0.6 is 15.9 Å². The molecule has 13 heteroatoms. The molecular weight excluding hydrogens is 802 g/mol. The number of ether oxygens (including phenoxy) is 4. The topological polar surface area (TPSA) is 140 Å². The van der Waals surface area contributed by atoms with Crippen LogP contribution < -0.4 is 15.4 Å². The summed E-state index contributed by atoms with van der Waals surface area (Å²) in [5.74, 6) is -0.923. The van der Waals surface area contributed by atoms with Gasteiger partial charge in [-0.05, 0) is 74.7 Å². The molecule has 8 rings (SSSR count). The summed E-state index contributed by atoms with van der Waals surface area (Å²) in [4.78, 5) is 48.3. The summed E-state index contributed by atoms with van der Waals surface area (Å²) in [5, 5.41) is 1.17. The van der Waals surface area contributed by atoms with Crippen molar-refractivity contribution < 1.29 is 33.3 Å². The summed E-state index contributed by atoms with van der Waals surface area (Å²) >= 11 is 3.57. The van der Waals surface area contributed by atoms with Gasteiger partial charge in [-0.2, -0.15) is 0 Å². The number of benzene rings is 2. The largest absolute Gasteiger partial charge is 0.497 e. The van der Waals surface area contributed by atoms with E-state index in [1.807, 2.05) is 39.1 Å². The molecule has 1 spiro atoms. The molecular formula is C45H60BrN5O7. The highest BCUT2D eigenvalue weighted by molar-refractivity contribution is 9.10. The molecule has 7 atom stereocenters. The molecule has 12 nitrogen and oxygen atoms in total. The second-order valence-corrected chi connectivity index (χ2v) is 16.8. The molecule has 0 bridgehead atoms. The molecule has 58 heavy (non-hydrogen) atoms. The summed E-state index contributed by atoms with van der Waals surface area (Å²) < 4.78 is 22.7. The molecule has 1 aliphatic carbocycles. The van der Waals surface area contributed by atoms with Crippen LogP contribution in [0.15, 0.2) is 64.7 Å². The number of carbonyl (C=O) groups is 3. The van der Waals surface area contributed by atoms with Gasteiger partial charge >= 0.3 is 17.9 Å². The lowest BCUT2D eigenvalue weighted by Crippen LogP contribution is -2.81. The van der Waals surface area contributed by atoms with Crippen molar-refractivity contribution in [2.24, 2.45) is 11.7 Å². The summed E-state index contributed by atoms with van der Waals surface area (Å²) in [7, 11) is 8.54. The molecule has 5 heterocycles. The lowest BCUT2D eigenvalue weighted by Gasteiger charge is -2.59. The number of nitrogens with two attached hydrogens (primary N) is 1. The van der Waals surface area contributed by atoms with Crippen molar-refractivity contribution in [1.29, 1.82) is 0 Å². The molecule has 3 N–H and O–H groups in total. The Morgan fingerprint density at radius 2 is 1.79 bits per heavy atom.